The second kappa shape index (κ2) is 7.18. The molecule has 0 radical (unpaired) electrons. The van der Waals surface area contributed by atoms with Crippen LogP contribution in [0.1, 0.15) is 43.9 Å². The number of aliphatic carboxylic acids is 1. The summed E-state index contributed by atoms with van der Waals surface area (Å²) in [5.41, 5.74) is 3.63. The highest BCUT2D eigenvalue weighted by Crippen LogP contribution is 2.32. The van der Waals surface area contributed by atoms with Crippen LogP contribution in [0.15, 0.2) is 24.3 Å². The van der Waals surface area contributed by atoms with E-state index in [1.54, 1.807) is 0 Å². The maximum absolute atomic E-state index is 11.2. The molecule has 0 saturated heterocycles. The fourth-order valence-electron chi connectivity index (χ4n) is 3.77. The molecule has 1 aromatic carbocycles. The number of carboxylic acids is 1. The Bertz CT molecular complexity index is 690. The SMILES string of the molecule is CCCCCNC1CCc2c(c3ccccc3n2CC(=O)O)C1. The van der Waals surface area contributed by atoms with Gasteiger partial charge < -0.3 is 15.0 Å². The third-order valence-corrected chi connectivity index (χ3v) is 4.88. The lowest BCUT2D eigenvalue weighted by molar-refractivity contribution is -0.137. The van der Waals surface area contributed by atoms with Gasteiger partial charge >= 0.3 is 5.97 Å². The van der Waals surface area contributed by atoms with Gasteiger partial charge in [0, 0.05) is 22.6 Å². The Balaban J connectivity index is 1.83. The number of rotatable bonds is 7. The average molecular weight is 314 g/mol. The van der Waals surface area contributed by atoms with Gasteiger partial charge in [-0.1, -0.05) is 38.0 Å². The highest BCUT2D eigenvalue weighted by Gasteiger charge is 2.25. The number of benzene rings is 1. The Morgan fingerprint density at radius 1 is 1.35 bits per heavy atom. The van der Waals surface area contributed by atoms with Crippen LogP contribution in [0, 0.1) is 0 Å². The van der Waals surface area contributed by atoms with Crippen molar-refractivity contribution in [1.82, 2.24) is 9.88 Å². The molecule has 0 aliphatic heterocycles. The molecule has 23 heavy (non-hydrogen) atoms. The molecule has 1 atom stereocenters. The molecule has 0 amide bonds. The quantitative estimate of drug-likeness (QED) is 0.771. The van der Waals surface area contributed by atoms with Gasteiger partial charge in [-0.3, -0.25) is 4.79 Å². The van der Waals surface area contributed by atoms with Gasteiger partial charge in [0.25, 0.3) is 0 Å². The standard InChI is InChI=1S/C19H26N2O2/c1-2-3-6-11-20-14-9-10-18-16(12-14)15-7-4-5-8-17(15)21(18)13-19(22)23/h4-5,7-8,14,20H,2-3,6,9-13H2,1H3,(H,22,23). The molecule has 4 nitrogen and oxygen atoms in total. The lowest BCUT2D eigenvalue weighted by Gasteiger charge is -2.25. The summed E-state index contributed by atoms with van der Waals surface area (Å²) in [6.45, 7) is 3.37. The monoisotopic (exact) mass is 314 g/mol. The zero-order valence-corrected chi connectivity index (χ0v) is 13.8. The molecule has 0 bridgehead atoms. The van der Waals surface area contributed by atoms with Gasteiger partial charge in [0.05, 0.1) is 0 Å². The Kier molecular flexibility index (Phi) is 5.01. The summed E-state index contributed by atoms with van der Waals surface area (Å²) in [5, 5.41) is 14.1. The molecule has 0 spiro atoms. The molecule has 2 aromatic rings. The Morgan fingerprint density at radius 3 is 2.96 bits per heavy atom. The molecule has 1 unspecified atom stereocenters. The van der Waals surface area contributed by atoms with Crippen molar-refractivity contribution in [3.8, 4) is 0 Å². The van der Waals surface area contributed by atoms with E-state index in [2.05, 4.69) is 18.3 Å². The first-order valence-electron chi connectivity index (χ1n) is 8.75. The summed E-state index contributed by atoms with van der Waals surface area (Å²) in [4.78, 5) is 11.2. The summed E-state index contributed by atoms with van der Waals surface area (Å²) >= 11 is 0. The van der Waals surface area contributed by atoms with Gasteiger partial charge in [0.2, 0.25) is 0 Å². The first-order valence-corrected chi connectivity index (χ1v) is 8.75. The molecule has 1 aromatic heterocycles. The molecule has 0 saturated carbocycles. The third-order valence-electron chi connectivity index (χ3n) is 4.88. The van der Waals surface area contributed by atoms with Crippen molar-refractivity contribution in [2.24, 2.45) is 0 Å². The number of carbonyl (C=O) groups is 1. The Hall–Kier alpha value is -1.81. The van der Waals surface area contributed by atoms with Crippen molar-refractivity contribution in [2.45, 2.75) is 58.0 Å². The minimum atomic E-state index is -0.770. The minimum absolute atomic E-state index is 0.0600. The first kappa shape index (κ1) is 16.1. The summed E-state index contributed by atoms with van der Waals surface area (Å²) < 4.78 is 2.00. The molecule has 3 rings (SSSR count). The minimum Gasteiger partial charge on any atom is -0.480 e. The second-order valence-corrected chi connectivity index (χ2v) is 6.52. The van der Waals surface area contributed by atoms with E-state index in [0.29, 0.717) is 6.04 Å². The molecule has 124 valence electrons. The molecule has 1 aliphatic carbocycles. The number of aromatic nitrogens is 1. The van der Waals surface area contributed by atoms with Gasteiger partial charge in [0.15, 0.2) is 0 Å². The first-order chi connectivity index (χ1) is 11.2. The van der Waals surface area contributed by atoms with Crippen molar-refractivity contribution in [3.63, 3.8) is 0 Å². The van der Waals surface area contributed by atoms with Gasteiger partial charge in [-0.15, -0.1) is 0 Å². The summed E-state index contributed by atoms with van der Waals surface area (Å²) in [5.74, 6) is -0.770. The van der Waals surface area contributed by atoms with E-state index in [-0.39, 0.29) is 6.54 Å². The lowest BCUT2D eigenvalue weighted by atomic mass is 9.91. The van der Waals surface area contributed by atoms with Crippen LogP contribution in [0.5, 0.6) is 0 Å². The van der Waals surface area contributed by atoms with Crippen LogP contribution in [-0.2, 0) is 24.2 Å². The summed E-state index contributed by atoms with van der Waals surface area (Å²) in [6, 6.07) is 8.73. The predicted molar refractivity (Wildman–Crippen MR) is 92.9 cm³/mol. The normalized spacial score (nSPS) is 17.3. The highest BCUT2D eigenvalue weighted by atomic mass is 16.4. The van der Waals surface area contributed by atoms with E-state index < -0.39 is 5.97 Å². The number of fused-ring (bicyclic) bond motifs is 3. The van der Waals surface area contributed by atoms with Crippen molar-refractivity contribution in [1.29, 1.82) is 0 Å². The maximum atomic E-state index is 11.2. The van der Waals surface area contributed by atoms with Gasteiger partial charge in [-0.25, -0.2) is 0 Å². The van der Waals surface area contributed by atoms with Gasteiger partial charge in [0.1, 0.15) is 6.54 Å². The molecule has 1 aliphatic rings. The average Bonchev–Trinajstić information content (AvgIpc) is 2.85. The number of hydrogen-bond acceptors (Lipinski definition) is 2. The zero-order chi connectivity index (χ0) is 16.2. The number of nitrogens with one attached hydrogen (secondary N) is 1. The fraction of sp³-hybridized carbons (Fsp3) is 0.526. The van der Waals surface area contributed by atoms with Crippen molar-refractivity contribution >= 4 is 16.9 Å². The lowest BCUT2D eigenvalue weighted by Crippen LogP contribution is -2.35. The summed E-state index contributed by atoms with van der Waals surface area (Å²) in [7, 11) is 0. The van der Waals surface area contributed by atoms with E-state index in [1.807, 2.05) is 22.8 Å². The number of para-hydroxylation sites is 1. The van der Waals surface area contributed by atoms with Crippen LogP contribution < -0.4 is 5.32 Å². The van der Waals surface area contributed by atoms with E-state index in [0.717, 1.165) is 31.3 Å². The van der Waals surface area contributed by atoms with Crippen LogP contribution in [-0.4, -0.2) is 28.2 Å². The van der Waals surface area contributed by atoms with E-state index in [9.17, 15) is 9.90 Å². The van der Waals surface area contributed by atoms with Crippen LogP contribution in [0.3, 0.4) is 0 Å². The predicted octanol–water partition coefficient (Wildman–Crippen LogP) is 3.36. The topological polar surface area (TPSA) is 54.3 Å². The molecule has 4 heteroatoms. The van der Waals surface area contributed by atoms with Gasteiger partial charge in [-0.05, 0) is 43.9 Å². The van der Waals surface area contributed by atoms with Crippen molar-refractivity contribution < 1.29 is 9.90 Å². The highest BCUT2D eigenvalue weighted by molar-refractivity contribution is 5.87. The number of nitrogens with zero attached hydrogens (tertiary/aromatic N) is 1. The van der Waals surface area contributed by atoms with Crippen LogP contribution in [0.2, 0.25) is 0 Å². The zero-order valence-electron chi connectivity index (χ0n) is 13.8. The van der Waals surface area contributed by atoms with E-state index >= 15 is 0 Å². The third kappa shape index (κ3) is 3.42. The van der Waals surface area contributed by atoms with Crippen LogP contribution in [0.25, 0.3) is 10.9 Å². The molecule has 0 fully saturated rings. The number of hydrogen-bond donors (Lipinski definition) is 2. The molecular weight excluding hydrogens is 288 g/mol. The van der Waals surface area contributed by atoms with Gasteiger partial charge in [-0.2, -0.15) is 0 Å². The summed E-state index contributed by atoms with van der Waals surface area (Å²) in [6.07, 6.45) is 6.83. The fourth-order valence-corrected chi connectivity index (χ4v) is 3.77. The smallest absolute Gasteiger partial charge is 0.323 e. The molecular formula is C19H26N2O2. The maximum Gasteiger partial charge on any atom is 0.323 e. The largest absolute Gasteiger partial charge is 0.480 e. The molecule has 1 heterocycles. The van der Waals surface area contributed by atoms with E-state index in [1.165, 1.54) is 35.9 Å². The second-order valence-electron chi connectivity index (χ2n) is 6.52. The number of unbranched alkanes of at least 4 members (excludes halogenated alkanes) is 2. The van der Waals surface area contributed by atoms with Crippen LogP contribution in [0.4, 0.5) is 0 Å². The molecule has 2 N–H and O–H groups in total. The van der Waals surface area contributed by atoms with Crippen molar-refractivity contribution in [3.05, 3.63) is 35.5 Å². The Morgan fingerprint density at radius 2 is 2.17 bits per heavy atom. The van der Waals surface area contributed by atoms with Crippen LogP contribution >= 0.6 is 0 Å². The van der Waals surface area contributed by atoms with Crippen molar-refractivity contribution in [2.75, 3.05) is 6.54 Å². The van der Waals surface area contributed by atoms with E-state index in [4.69, 9.17) is 0 Å². The number of carboxylic acid groups (broad SMARTS) is 1. The Labute approximate surface area is 137 Å².